The highest BCUT2D eigenvalue weighted by molar-refractivity contribution is 9.10. The lowest BCUT2D eigenvalue weighted by atomic mass is 9.89. The molecule has 0 atom stereocenters. The molecule has 0 aromatic heterocycles. The van der Waals surface area contributed by atoms with Crippen molar-refractivity contribution in [2.45, 2.75) is 46.0 Å². The summed E-state index contributed by atoms with van der Waals surface area (Å²) < 4.78 is 0.993. The Morgan fingerprint density at radius 3 is 2.57 bits per heavy atom. The van der Waals surface area contributed by atoms with Crippen molar-refractivity contribution in [2.75, 3.05) is 18.0 Å². The molecule has 0 radical (unpaired) electrons. The molecule has 0 unspecified atom stereocenters. The largest absolute Gasteiger partial charge is 0.354 e. The minimum Gasteiger partial charge on any atom is -0.354 e. The second kappa shape index (κ2) is 8.48. The Labute approximate surface area is 146 Å². The van der Waals surface area contributed by atoms with Crippen LogP contribution < -0.4 is 10.2 Å². The van der Waals surface area contributed by atoms with Crippen LogP contribution in [0.2, 0.25) is 0 Å². The SMILES string of the molecule is CC(=O)N(CCNC(=O)C1CCCCC1)c1ccc(Br)cc1C. The molecule has 0 bridgehead atoms. The van der Waals surface area contributed by atoms with E-state index in [1.807, 2.05) is 25.1 Å². The number of aryl methyl sites for hydroxylation is 1. The molecular weight excluding hydrogens is 356 g/mol. The van der Waals surface area contributed by atoms with E-state index in [2.05, 4.69) is 21.2 Å². The number of nitrogens with zero attached hydrogens (tertiary/aromatic N) is 1. The van der Waals surface area contributed by atoms with Crippen molar-refractivity contribution in [3.63, 3.8) is 0 Å². The quantitative estimate of drug-likeness (QED) is 0.843. The zero-order valence-electron chi connectivity index (χ0n) is 13.9. The Morgan fingerprint density at radius 2 is 1.96 bits per heavy atom. The molecule has 0 heterocycles. The minimum absolute atomic E-state index is 0.0117. The molecule has 4 nitrogen and oxygen atoms in total. The van der Waals surface area contributed by atoms with Gasteiger partial charge in [0.2, 0.25) is 11.8 Å². The van der Waals surface area contributed by atoms with Crippen molar-refractivity contribution in [1.29, 1.82) is 0 Å². The van der Waals surface area contributed by atoms with Gasteiger partial charge in [-0.1, -0.05) is 35.2 Å². The summed E-state index contributed by atoms with van der Waals surface area (Å²) in [5.41, 5.74) is 1.93. The highest BCUT2D eigenvalue weighted by atomic mass is 79.9. The van der Waals surface area contributed by atoms with Gasteiger partial charge in [0, 0.05) is 36.1 Å². The van der Waals surface area contributed by atoms with E-state index >= 15 is 0 Å². The van der Waals surface area contributed by atoms with Crippen molar-refractivity contribution in [2.24, 2.45) is 5.92 Å². The maximum Gasteiger partial charge on any atom is 0.223 e. The molecule has 1 aromatic carbocycles. The zero-order chi connectivity index (χ0) is 16.8. The number of carbonyl (C=O) groups excluding carboxylic acids is 2. The molecule has 1 saturated carbocycles. The first-order valence-electron chi connectivity index (χ1n) is 8.31. The van der Waals surface area contributed by atoms with Crippen molar-refractivity contribution < 1.29 is 9.59 Å². The molecule has 2 amide bonds. The number of carbonyl (C=O) groups is 2. The second-order valence-corrected chi connectivity index (χ2v) is 7.14. The van der Waals surface area contributed by atoms with Crippen molar-refractivity contribution in [3.05, 3.63) is 28.2 Å². The fourth-order valence-electron chi connectivity index (χ4n) is 3.17. The highest BCUT2D eigenvalue weighted by Gasteiger charge is 2.21. The van der Waals surface area contributed by atoms with Gasteiger partial charge in [0.15, 0.2) is 0 Å². The monoisotopic (exact) mass is 380 g/mol. The van der Waals surface area contributed by atoms with E-state index in [0.717, 1.165) is 41.4 Å². The van der Waals surface area contributed by atoms with E-state index in [-0.39, 0.29) is 17.7 Å². The van der Waals surface area contributed by atoms with Gasteiger partial charge in [0.05, 0.1) is 0 Å². The smallest absolute Gasteiger partial charge is 0.223 e. The molecule has 1 fully saturated rings. The van der Waals surface area contributed by atoms with Crippen molar-refractivity contribution >= 4 is 33.4 Å². The van der Waals surface area contributed by atoms with E-state index in [1.54, 1.807) is 11.8 Å². The molecular formula is C18H25BrN2O2. The average Bonchev–Trinajstić information content (AvgIpc) is 2.53. The first-order chi connectivity index (χ1) is 11.0. The number of nitrogens with one attached hydrogen (secondary N) is 1. The van der Waals surface area contributed by atoms with Gasteiger partial charge < -0.3 is 10.2 Å². The summed E-state index contributed by atoms with van der Waals surface area (Å²) in [7, 11) is 0. The summed E-state index contributed by atoms with van der Waals surface area (Å²) in [6.45, 7) is 4.53. The first-order valence-corrected chi connectivity index (χ1v) is 9.10. The van der Waals surface area contributed by atoms with Crippen LogP contribution in [0.25, 0.3) is 0 Å². The Bertz CT molecular complexity index is 568. The summed E-state index contributed by atoms with van der Waals surface area (Å²) >= 11 is 3.44. The lowest BCUT2D eigenvalue weighted by Gasteiger charge is -2.25. The van der Waals surface area contributed by atoms with Crippen LogP contribution in [0.4, 0.5) is 5.69 Å². The number of hydrogen-bond donors (Lipinski definition) is 1. The summed E-state index contributed by atoms with van der Waals surface area (Å²) in [4.78, 5) is 25.9. The number of halogens is 1. The number of anilines is 1. The standard InChI is InChI=1S/C18H25BrN2O2/c1-13-12-16(19)8-9-17(13)21(14(2)22)11-10-20-18(23)15-6-4-3-5-7-15/h8-9,12,15H,3-7,10-11H2,1-2H3,(H,20,23). The van der Waals surface area contributed by atoms with Crippen LogP contribution in [-0.4, -0.2) is 24.9 Å². The topological polar surface area (TPSA) is 49.4 Å². The molecule has 1 N–H and O–H groups in total. The molecule has 0 aliphatic heterocycles. The van der Waals surface area contributed by atoms with Gasteiger partial charge >= 0.3 is 0 Å². The van der Waals surface area contributed by atoms with Gasteiger partial charge in [-0.2, -0.15) is 0 Å². The minimum atomic E-state index is -0.0117. The van der Waals surface area contributed by atoms with Crippen LogP contribution in [-0.2, 0) is 9.59 Å². The molecule has 126 valence electrons. The Hall–Kier alpha value is -1.36. The van der Waals surface area contributed by atoms with Gasteiger partial charge in [0.25, 0.3) is 0 Å². The Morgan fingerprint density at radius 1 is 1.26 bits per heavy atom. The first kappa shape index (κ1) is 18.0. The third-order valence-corrected chi connectivity index (χ3v) is 4.93. The number of hydrogen-bond acceptors (Lipinski definition) is 2. The molecule has 2 rings (SSSR count). The van der Waals surface area contributed by atoms with Crippen LogP contribution >= 0.6 is 15.9 Å². The van der Waals surface area contributed by atoms with E-state index in [9.17, 15) is 9.59 Å². The van der Waals surface area contributed by atoms with Gasteiger partial charge in [-0.3, -0.25) is 9.59 Å². The Kier molecular flexibility index (Phi) is 6.63. The van der Waals surface area contributed by atoms with Gasteiger partial charge in [0.1, 0.15) is 0 Å². The average molecular weight is 381 g/mol. The molecule has 0 saturated heterocycles. The number of amides is 2. The van der Waals surface area contributed by atoms with Crippen LogP contribution in [0.3, 0.4) is 0 Å². The molecule has 1 aromatic rings. The summed E-state index contributed by atoms with van der Waals surface area (Å²) in [6.07, 6.45) is 5.53. The lowest BCUT2D eigenvalue weighted by Crippen LogP contribution is -2.40. The summed E-state index contributed by atoms with van der Waals surface area (Å²) in [6, 6.07) is 5.86. The molecule has 5 heteroatoms. The van der Waals surface area contributed by atoms with Gasteiger partial charge in [-0.15, -0.1) is 0 Å². The predicted molar refractivity (Wildman–Crippen MR) is 96.5 cm³/mol. The van der Waals surface area contributed by atoms with E-state index in [1.165, 1.54) is 6.42 Å². The van der Waals surface area contributed by atoms with Crippen LogP contribution in [0.15, 0.2) is 22.7 Å². The van der Waals surface area contributed by atoms with Crippen molar-refractivity contribution in [3.8, 4) is 0 Å². The van der Waals surface area contributed by atoms with Gasteiger partial charge in [-0.05, 0) is 43.5 Å². The number of rotatable bonds is 5. The molecule has 1 aliphatic rings. The normalized spacial score (nSPS) is 15.3. The van der Waals surface area contributed by atoms with E-state index < -0.39 is 0 Å². The Balaban J connectivity index is 1.92. The van der Waals surface area contributed by atoms with Crippen LogP contribution in [0, 0.1) is 12.8 Å². The third kappa shape index (κ3) is 5.06. The van der Waals surface area contributed by atoms with Crippen molar-refractivity contribution in [1.82, 2.24) is 5.32 Å². The zero-order valence-corrected chi connectivity index (χ0v) is 15.5. The van der Waals surface area contributed by atoms with Crippen LogP contribution in [0.5, 0.6) is 0 Å². The fourth-order valence-corrected chi connectivity index (χ4v) is 3.64. The van der Waals surface area contributed by atoms with E-state index in [4.69, 9.17) is 0 Å². The lowest BCUT2D eigenvalue weighted by molar-refractivity contribution is -0.126. The number of benzene rings is 1. The second-order valence-electron chi connectivity index (χ2n) is 6.23. The van der Waals surface area contributed by atoms with Gasteiger partial charge in [-0.25, -0.2) is 0 Å². The predicted octanol–water partition coefficient (Wildman–Crippen LogP) is 3.81. The summed E-state index contributed by atoms with van der Waals surface area (Å²) in [5.74, 6) is 0.284. The summed E-state index contributed by atoms with van der Waals surface area (Å²) in [5, 5.41) is 3.00. The highest BCUT2D eigenvalue weighted by Crippen LogP contribution is 2.25. The molecule has 1 aliphatic carbocycles. The van der Waals surface area contributed by atoms with E-state index in [0.29, 0.717) is 13.1 Å². The van der Waals surface area contributed by atoms with Crippen LogP contribution in [0.1, 0.15) is 44.6 Å². The maximum atomic E-state index is 12.2. The molecule has 0 spiro atoms. The maximum absolute atomic E-state index is 12.2. The third-order valence-electron chi connectivity index (χ3n) is 4.44. The fraction of sp³-hybridized carbons (Fsp3) is 0.556. The molecule has 23 heavy (non-hydrogen) atoms.